The van der Waals surface area contributed by atoms with E-state index in [1.165, 1.54) is 12.1 Å². The van der Waals surface area contributed by atoms with E-state index >= 15 is 0 Å². The smallest absolute Gasteiger partial charge is 0.301 e. The minimum absolute atomic E-state index is 0.119. The van der Waals surface area contributed by atoms with E-state index < -0.39 is 5.97 Å². The Hall–Kier alpha value is -1.68. The van der Waals surface area contributed by atoms with Gasteiger partial charge in [0.05, 0.1) is 6.42 Å². The summed E-state index contributed by atoms with van der Waals surface area (Å²) in [4.78, 5) is 14.0. The van der Waals surface area contributed by atoms with Crippen molar-refractivity contribution in [3.05, 3.63) is 41.7 Å². The minimum Gasteiger partial charge on any atom is -0.301 e. The summed E-state index contributed by atoms with van der Waals surface area (Å²) >= 11 is 0. The third-order valence-corrected chi connectivity index (χ3v) is 1.80. The number of halogens is 1. The summed E-state index contributed by atoms with van der Waals surface area (Å²) in [5.74, 6) is -0.949. The van der Waals surface area contributed by atoms with Gasteiger partial charge in [0.25, 0.3) is 0 Å². The first-order valence-electron chi connectivity index (χ1n) is 4.48. The number of carbonyl (C=O) groups is 1. The van der Waals surface area contributed by atoms with Gasteiger partial charge in [0.15, 0.2) is 0 Å². The predicted octanol–water partition coefficient (Wildman–Crippen LogP) is 2.64. The summed E-state index contributed by atoms with van der Waals surface area (Å²) in [6.07, 6.45) is 4.11. The molecule has 1 rings (SSSR count). The van der Waals surface area contributed by atoms with Crippen molar-refractivity contribution >= 4 is 12.0 Å². The molecule has 0 heterocycles. The molecule has 0 radical (unpaired) electrons. The third kappa shape index (κ3) is 4.37. The molecular formula is C11H11FO3. The van der Waals surface area contributed by atoms with E-state index in [-0.39, 0.29) is 12.2 Å². The molecule has 1 aromatic carbocycles. The van der Waals surface area contributed by atoms with Crippen molar-refractivity contribution in [2.75, 3.05) is 0 Å². The third-order valence-electron chi connectivity index (χ3n) is 1.80. The van der Waals surface area contributed by atoms with Gasteiger partial charge in [0.2, 0.25) is 0 Å². The monoisotopic (exact) mass is 210 g/mol. The topological polar surface area (TPSA) is 46.5 Å². The molecule has 0 amide bonds. The van der Waals surface area contributed by atoms with E-state index in [9.17, 15) is 9.18 Å². The van der Waals surface area contributed by atoms with Gasteiger partial charge in [0.1, 0.15) is 5.82 Å². The Kier molecular flexibility index (Phi) is 4.50. The van der Waals surface area contributed by atoms with Crippen LogP contribution in [0.2, 0.25) is 0 Å². The highest BCUT2D eigenvalue weighted by Crippen LogP contribution is 2.05. The van der Waals surface area contributed by atoms with Crippen molar-refractivity contribution in [1.29, 1.82) is 0 Å². The fraction of sp³-hybridized carbons (Fsp3) is 0.182. The Bertz CT molecular complexity index is 343. The summed E-state index contributed by atoms with van der Waals surface area (Å²) in [5.41, 5.74) is 0.855. The van der Waals surface area contributed by atoms with Crippen LogP contribution in [0.25, 0.3) is 6.08 Å². The van der Waals surface area contributed by atoms with Gasteiger partial charge in [-0.2, -0.15) is 5.26 Å². The Morgan fingerprint density at radius 3 is 2.67 bits per heavy atom. The average molecular weight is 210 g/mol. The van der Waals surface area contributed by atoms with Gasteiger partial charge in [-0.15, -0.1) is 0 Å². The van der Waals surface area contributed by atoms with Crippen molar-refractivity contribution < 1.29 is 19.3 Å². The van der Waals surface area contributed by atoms with E-state index in [2.05, 4.69) is 4.89 Å². The molecule has 0 aliphatic heterocycles. The van der Waals surface area contributed by atoms with Crippen LogP contribution in [0.4, 0.5) is 4.39 Å². The molecule has 0 aliphatic rings. The maximum absolute atomic E-state index is 12.5. The lowest BCUT2D eigenvalue weighted by Gasteiger charge is -1.93. The lowest BCUT2D eigenvalue weighted by atomic mass is 10.2. The van der Waals surface area contributed by atoms with Crippen molar-refractivity contribution in [2.24, 2.45) is 0 Å². The second-order valence-electron chi connectivity index (χ2n) is 2.96. The first-order chi connectivity index (χ1) is 7.22. The maximum atomic E-state index is 12.5. The van der Waals surface area contributed by atoms with Crippen LogP contribution in [-0.2, 0) is 9.68 Å². The molecule has 0 spiro atoms. The zero-order chi connectivity index (χ0) is 11.1. The maximum Gasteiger partial charge on any atom is 0.342 e. The second kappa shape index (κ2) is 5.93. The summed E-state index contributed by atoms with van der Waals surface area (Å²) in [6.45, 7) is 0. The number of allylic oxidation sites excluding steroid dienone is 1. The highest BCUT2D eigenvalue weighted by atomic mass is 19.1. The number of hydrogen-bond acceptors (Lipinski definition) is 3. The molecule has 1 aromatic rings. The molecule has 0 bridgehead atoms. The Balaban J connectivity index is 2.38. The molecule has 15 heavy (non-hydrogen) atoms. The first kappa shape index (κ1) is 11.4. The van der Waals surface area contributed by atoms with Crippen LogP contribution >= 0.6 is 0 Å². The van der Waals surface area contributed by atoms with Crippen molar-refractivity contribution in [3.8, 4) is 0 Å². The number of rotatable bonds is 4. The lowest BCUT2D eigenvalue weighted by molar-refractivity contribution is -0.234. The molecule has 0 atom stereocenters. The lowest BCUT2D eigenvalue weighted by Crippen LogP contribution is -1.98. The zero-order valence-corrected chi connectivity index (χ0v) is 8.02. The van der Waals surface area contributed by atoms with E-state index in [0.29, 0.717) is 6.42 Å². The standard InChI is InChI=1S/C11H11FO3/c12-10-7-5-9(6-8-10)3-1-2-4-11(13)15-14/h1,3,5-8,14H,2,4H2/b3-1+. The van der Waals surface area contributed by atoms with Gasteiger partial charge in [-0.1, -0.05) is 24.3 Å². The van der Waals surface area contributed by atoms with Gasteiger partial charge in [-0.3, -0.25) is 0 Å². The molecule has 0 fully saturated rings. The van der Waals surface area contributed by atoms with E-state index in [4.69, 9.17) is 5.26 Å². The molecule has 4 heteroatoms. The van der Waals surface area contributed by atoms with Gasteiger partial charge in [0, 0.05) is 0 Å². The molecule has 0 saturated carbocycles. The normalized spacial score (nSPS) is 10.5. The van der Waals surface area contributed by atoms with E-state index in [1.807, 2.05) is 0 Å². The van der Waals surface area contributed by atoms with E-state index in [0.717, 1.165) is 5.56 Å². The van der Waals surface area contributed by atoms with Crippen molar-refractivity contribution in [1.82, 2.24) is 0 Å². The largest absolute Gasteiger partial charge is 0.342 e. The van der Waals surface area contributed by atoms with E-state index in [1.54, 1.807) is 24.3 Å². The zero-order valence-electron chi connectivity index (χ0n) is 8.02. The summed E-state index contributed by atoms with van der Waals surface area (Å²) in [7, 11) is 0. The summed E-state index contributed by atoms with van der Waals surface area (Å²) < 4.78 is 12.5. The molecule has 0 unspecified atom stereocenters. The average Bonchev–Trinajstić information content (AvgIpc) is 2.26. The highest BCUT2D eigenvalue weighted by molar-refractivity contribution is 5.68. The SMILES string of the molecule is O=C(CC/C=C/c1ccc(F)cc1)OO. The molecule has 1 N–H and O–H groups in total. The fourth-order valence-corrected chi connectivity index (χ4v) is 1.04. The summed E-state index contributed by atoms with van der Waals surface area (Å²) in [5, 5.41) is 7.97. The Morgan fingerprint density at radius 1 is 1.40 bits per heavy atom. The quantitative estimate of drug-likeness (QED) is 0.613. The summed E-state index contributed by atoms with van der Waals surface area (Å²) in [6, 6.07) is 6.00. The molecule has 0 aliphatic carbocycles. The minimum atomic E-state index is -0.668. The van der Waals surface area contributed by atoms with Gasteiger partial charge < -0.3 is 4.89 Å². The molecular weight excluding hydrogens is 199 g/mol. The van der Waals surface area contributed by atoms with Gasteiger partial charge in [-0.05, 0) is 24.1 Å². The van der Waals surface area contributed by atoms with Crippen LogP contribution in [0, 0.1) is 5.82 Å². The number of hydrogen-bond donors (Lipinski definition) is 1. The van der Waals surface area contributed by atoms with Crippen LogP contribution in [0.3, 0.4) is 0 Å². The van der Waals surface area contributed by atoms with Crippen LogP contribution in [0.1, 0.15) is 18.4 Å². The molecule has 80 valence electrons. The fourth-order valence-electron chi connectivity index (χ4n) is 1.04. The van der Waals surface area contributed by atoms with Crippen LogP contribution in [0.15, 0.2) is 30.3 Å². The predicted molar refractivity (Wildman–Crippen MR) is 53.4 cm³/mol. The molecule has 0 aromatic heterocycles. The number of carbonyl (C=O) groups excluding carboxylic acids is 1. The molecule has 0 saturated heterocycles. The highest BCUT2D eigenvalue weighted by Gasteiger charge is 1.97. The first-order valence-corrected chi connectivity index (χ1v) is 4.48. The van der Waals surface area contributed by atoms with Crippen LogP contribution in [0.5, 0.6) is 0 Å². The van der Waals surface area contributed by atoms with Gasteiger partial charge in [-0.25, -0.2) is 9.18 Å². The number of benzene rings is 1. The van der Waals surface area contributed by atoms with Crippen LogP contribution in [-0.4, -0.2) is 11.2 Å². The Labute approximate surface area is 86.7 Å². The van der Waals surface area contributed by atoms with Crippen molar-refractivity contribution in [3.63, 3.8) is 0 Å². The second-order valence-corrected chi connectivity index (χ2v) is 2.96. The molecule has 3 nitrogen and oxygen atoms in total. The van der Waals surface area contributed by atoms with Gasteiger partial charge >= 0.3 is 5.97 Å². The van der Waals surface area contributed by atoms with Crippen LogP contribution < -0.4 is 0 Å². The van der Waals surface area contributed by atoms with Crippen molar-refractivity contribution in [2.45, 2.75) is 12.8 Å². The Morgan fingerprint density at radius 2 is 2.07 bits per heavy atom.